The molecule has 1 aromatic heterocycles. The zero-order valence-electron chi connectivity index (χ0n) is 18.3. The number of para-hydroxylation sites is 1. The normalized spacial score (nSPS) is 14.8. The van der Waals surface area contributed by atoms with Gasteiger partial charge in [0.05, 0.1) is 27.6 Å². The van der Waals surface area contributed by atoms with Crippen molar-refractivity contribution in [3.05, 3.63) is 106 Å². The summed E-state index contributed by atoms with van der Waals surface area (Å²) in [4.78, 5) is 24.7. The van der Waals surface area contributed by atoms with Gasteiger partial charge in [0, 0.05) is 29.2 Å². The first-order valence-electron chi connectivity index (χ1n) is 10.7. The second kappa shape index (κ2) is 8.65. The van der Waals surface area contributed by atoms with E-state index in [1.54, 1.807) is 13.0 Å². The molecule has 0 spiro atoms. The minimum atomic E-state index is -1.17. The van der Waals surface area contributed by atoms with Gasteiger partial charge >= 0.3 is 5.97 Å². The number of carboxylic acid groups (broad SMARTS) is 1. The first-order valence-corrected chi connectivity index (χ1v) is 11.1. The Bertz CT molecular complexity index is 1500. The molecule has 34 heavy (non-hydrogen) atoms. The number of aromatic carboxylic acids is 1. The molecular weight excluding hydrogens is 450 g/mol. The number of hydrogen-bond donors (Lipinski definition) is 1. The molecule has 5 rings (SSSR count). The molecule has 0 saturated carbocycles. The standard InChI is InChI=1S/C27H20ClN3O3/c1-17-22(26(32)31(29-17)20-11-12-24(28)23(14-20)27(33)34)13-19-16-30(15-18-7-3-2-4-8-18)25-10-6-5-9-21(19)25/h2-14,16H,15H2,1H3,(H,33,34)/b22-13-. The maximum atomic E-state index is 13.3. The number of aromatic nitrogens is 1. The van der Waals surface area contributed by atoms with Crippen LogP contribution in [-0.4, -0.2) is 27.3 Å². The SMILES string of the molecule is CC1=NN(c2ccc(Cl)c(C(=O)O)c2)C(=O)/C1=C\c1cn(Cc2ccccc2)c2ccccc12. The Morgan fingerprint density at radius 3 is 2.56 bits per heavy atom. The third-order valence-electron chi connectivity index (χ3n) is 5.80. The summed E-state index contributed by atoms with van der Waals surface area (Å²) in [5.41, 5.74) is 4.43. The molecule has 0 unspecified atom stereocenters. The largest absolute Gasteiger partial charge is 0.478 e. The van der Waals surface area contributed by atoms with Crippen molar-refractivity contribution in [3.63, 3.8) is 0 Å². The van der Waals surface area contributed by atoms with E-state index in [9.17, 15) is 14.7 Å². The van der Waals surface area contributed by atoms with Crippen LogP contribution in [0.4, 0.5) is 5.69 Å². The van der Waals surface area contributed by atoms with Crippen LogP contribution in [0.15, 0.2) is 89.7 Å². The highest BCUT2D eigenvalue weighted by molar-refractivity contribution is 6.34. The summed E-state index contributed by atoms with van der Waals surface area (Å²) in [6, 6.07) is 22.6. The van der Waals surface area contributed by atoms with Crippen molar-refractivity contribution >= 4 is 51.9 Å². The summed E-state index contributed by atoms with van der Waals surface area (Å²) in [6.07, 6.45) is 3.89. The lowest BCUT2D eigenvalue weighted by molar-refractivity contribution is -0.114. The molecule has 1 aliphatic rings. The third-order valence-corrected chi connectivity index (χ3v) is 6.13. The van der Waals surface area contributed by atoms with Crippen LogP contribution in [0.25, 0.3) is 17.0 Å². The summed E-state index contributed by atoms with van der Waals surface area (Å²) in [6.45, 7) is 2.47. The minimum Gasteiger partial charge on any atom is -0.478 e. The molecule has 2 heterocycles. The first kappa shape index (κ1) is 21.7. The lowest BCUT2D eigenvalue weighted by atomic mass is 10.1. The van der Waals surface area contributed by atoms with E-state index in [1.165, 1.54) is 22.7 Å². The Balaban J connectivity index is 1.53. The van der Waals surface area contributed by atoms with Crippen LogP contribution >= 0.6 is 11.6 Å². The fourth-order valence-electron chi connectivity index (χ4n) is 4.12. The van der Waals surface area contributed by atoms with Gasteiger partial charge < -0.3 is 9.67 Å². The number of hydrogen-bond acceptors (Lipinski definition) is 3. The quantitative estimate of drug-likeness (QED) is 0.373. The molecule has 0 atom stereocenters. The Hall–Kier alpha value is -4.16. The predicted octanol–water partition coefficient (Wildman–Crippen LogP) is 5.85. The summed E-state index contributed by atoms with van der Waals surface area (Å²) in [5, 5.41) is 16.1. The Labute approximate surface area is 201 Å². The van der Waals surface area contributed by atoms with Gasteiger partial charge in [0.2, 0.25) is 0 Å². The fraction of sp³-hybridized carbons (Fsp3) is 0.0741. The van der Waals surface area contributed by atoms with E-state index >= 15 is 0 Å². The van der Waals surface area contributed by atoms with E-state index in [1.807, 2.05) is 48.7 Å². The van der Waals surface area contributed by atoms with Crippen LogP contribution in [0.1, 0.15) is 28.4 Å². The average molecular weight is 470 g/mol. The number of carbonyl (C=O) groups is 2. The molecule has 6 nitrogen and oxygen atoms in total. The van der Waals surface area contributed by atoms with Gasteiger partial charge in [-0.3, -0.25) is 4.79 Å². The van der Waals surface area contributed by atoms with Gasteiger partial charge in [0.25, 0.3) is 5.91 Å². The molecule has 1 aliphatic heterocycles. The zero-order chi connectivity index (χ0) is 23.8. The van der Waals surface area contributed by atoms with Gasteiger partial charge in [0.1, 0.15) is 0 Å². The lowest BCUT2D eigenvalue weighted by Crippen LogP contribution is -2.21. The highest BCUT2D eigenvalue weighted by Gasteiger charge is 2.30. The second-order valence-corrected chi connectivity index (χ2v) is 8.45. The van der Waals surface area contributed by atoms with Gasteiger partial charge in [-0.05, 0) is 42.8 Å². The topological polar surface area (TPSA) is 74.9 Å². The molecule has 0 radical (unpaired) electrons. The predicted molar refractivity (Wildman–Crippen MR) is 134 cm³/mol. The molecule has 1 amide bonds. The van der Waals surface area contributed by atoms with Gasteiger partial charge in [-0.1, -0.05) is 60.1 Å². The molecule has 0 bridgehead atoms. The van der Waals surface area contributed by atoms with Crippen LogP contribution in [0.3, 0.4) is 0 Å². The van der Waals surface area contributed by atoms with Crippen LogP contribution in [-0.2, 0) is 11.3 Å². The Morgan fingerprint density at radius 1 is 1.06 bits per heavy atom. The Morgan fingerprint density at radius 2 is 1.79 bits per heavy atom. The maximum absolute atomic E-state index is 13.3. The number of halogens is 1. The van der Waals surface area contributed by atoms with E-state index in [0.29, 0.717) is 23.5 Å². The molecule has 0 fully saturated rings. The van der Waals surface area contributed by atoms with Crippen molar-refractivity contribution in [1.82, 2.24) is 4.57 Å². The summed E-state index contributed by atoms with van der Waals surface area (Å²) < 4.78 is 2.17. The van der Waals surface area contributed by atoms with E-state index in [-0.39, 0.29) is 16.5 Å². The van der Waals surface area contributed by atoms with Crippen LogP contribution in [0.5, 0.6) is 0 Å². The van der Waals surface area contributed by atoms with Gasteiger partial charge in [-0.2, -0.15) is 10.1 Å². The highest BCUT2D eigenvalue weighted by atomic mass is 35.5. The van der Waals surface area contributed by atoms with E-state index in [0.717, 1.165) is 16.5 Å². The number of fused-ring (bicyclic) bond motifs is 1. The molecule has 0 saturated heterocycles. The van der Waals surface area contributed by atoms with Crippen molar-refractivity contribution in [2.45, 2.75) is 13.5 Å². The number of hydrazone groups is 1. The molecule has 7 heteroatoms. The van der Waals surface area contributed by atoms with Gasteiger partial charge in [-0.25, -0.2) is 4.79 Å². The molecule has 0 aliphatic carbocycles. The number of nitrogens with zero attached hydrogens (tertiary/aromatic N) is 3. The second-order valence-electron chi connectivity index (χ2n) is 8.04. The third kappa shape index (κ3) is 3.89. The molecular formula is C27H20ClN3O3. The van der Waals surface area contributed by atoms with Crippen molar-refractivity contribution in [2.24, 2.45) is 5.10 Å². The van der Waals surface area contributed by atoms with E-state index in [4.69, 9.17) is 11.6 Å². The van der Waals surface area contributed by atoms with Gasteiger partial charge in [0.15, 0.2) is 0 Å². The number of amides is 1. The lowest BCUT2D eigenvalue weighted by Gasteiger charge is -2.13. The monoisotopic (exact) mass is 469 g/mol. The van der Waals surface area contributed by atoms with Crippen LogP contribution in [0, 0.1) is 0 Å². The number of anilines is 1. The van der Waals surface area contributed by atoms with Crippen molar-refractivity contribution in [3.8, 4) is 0 Å². The van der Waals surface area contributed by atoms with Crippen molar-refractivity contribution < 1.29 is 14.7 Å². The molecule has 3 aromatic carbocycles. The van der Waals surface area contributed by atoms with Crippen molar-refractivity contribution in [2.75, 3.05) is 5.01 Å². The number of carboxylic acids is 1. The number of carbonyl (C=O) groups excluding carboxylic acids is 1. The first-order chi connectivity index (χ1) is 16.4. The van der Waals surface area contributed by atoms with E-state index < -0.39 is 5.97 Å². The maximum Gasteiger partial charge on any atom is 0.337 e. The summed E-state index contributed by atoms with van der Waals surface area (Å²) in [5.74, 6) is -1.49. The van der Waals surface area contributed by atoms with Crippen molar-refractivity contribution in [1.29, 1.82) is 0 Å². The number of benzene rings is 3. The fourth-order valence-corrected chi connectivity index (χ4v) is 4.32. The molecule has 168 valence electrons. The minimum absolute atomic E-state index is 0.0822. The summed E-state index contributed by atoms with van der Waals surface area (Å²) in [7, 11) is 0. The Kier molecular flexibility index (Phi) is 5.51. The highest BCUT2D eigenvalue weighted by Crippen LogP contribution is 2.30. The average Bonchev–Trinajstić information content (AvgIpc) is 3.32. The molecule has 1 N–H and O–H groups in total. The summed E-state index contributed by atoms with van der Waals surface area (Å²) >= 11 is 5.98. The van der Waals surface area contributed by atoms with Crippen LogP contribution in [0.2, 0.25) is 5.02 Å². The molecule has 4 aromatic rings. The smallest absolute Gasteiger partial charge is 0.337 e. The van der Waals surface area contributed by atoms with Crippen LogP contribution < -0.4 is 5.01 Å². The number of rotatable bonds is 5. The van der Waals surface area contributed by atoms with Gasteiger partial charge in [-0.15, -0.1) is 0 Å². The van der Waals surface area contributed by atoms with E-state index in [2.05, 4.69) is 27.9 Å². The zero-order valence-corrected chi connectivity index (χ0v) is 19.0.